The van der Waals surface area contributed by atoms with Crippen molar-refractivity contribution in [2.45, 2.75) is 50.2 Å². The van der Waals surface area contributed by atoms with Crippen LogP contribution < -0.4 is 5.32 Å². The van der Waals surface area contributed by atoms with E-state index in [0.717, 1.165) is 45.3 Å². The number of fused-ring (bicyclic) bond motifs is 1. The predicted molar refractivity (Wildman–Crippen MR) is 84.4 cm³/mol. The average molecular weight is 308 g/mol. The molecule has 0 radical (unpaired) electrons. The van der Waals surface area contributed by atoms with Gasteiger partial charge in [-0.15, -0.1) is 0 Å². The van der Waals surface area contributed by atoms with Crippen LogP contribution >= 0.6 is 0 Å². The lowest BCUT2D eigenvalue weighted by Crippen LogP contribution is -2.48. The van der Waals surface area contributed by atoms with E-state index in [0.29, 0.717) is 13.0 Å². The third-order valence-corrected chi connectivity index (χ3v) is 5.65. The SMILES string of the molecule is CN1CC[C@@H]2[C@H]1C(=O)NC[C@H](CCC(=O)N1CCCC1)N2C. The summed E-state index contributed by atoms with van der Waals surface area (Å²) >= 11 is 0. The topological polar surface area (TPSA) is 55.9 Å². The molecule has 0 saturated carbocycles. The molecule has 3 aliphatic heterocycles. The lowest BCUT2D eigenvalue weighted by Gasteiger charge is -2.32. The molecule has 3 atom stereocenters. The second kappa shape index (κ2) is 6.54. The van der Waals surface area contributed by atoms with Gasteiger partial charge in [-0.3, -0.25) is 19.4 Å². The van der Waals surface area contributed by atoms with Crippen LogP contribution in [-0.4, -0.2) is 84.9 Å². The first kappa shape index (κ1) is 15.7. The van der Waals surface area contributed by atoms with Crippen LogP contribution in [0, 0.1) is 0 Å². The van der Waals surface area contributed by atoms with Crippen LogP contribution in [0.2, 0.25) is 0 Å². The number of likely N-dealkylation sites (N-methyl/N-ethyl adjacent to an activating group) is 2. The summed E-state index contributed by atoms with van der Waals surface area (Å²) in [7, 11) is 4.14. The summed E-state index contributed by atoms with van der Waals surface area (Å²) in [6.07, 6.45) is 4.74. The summed E-state index contributed by atoms with van der Waals surface area (Å²) in [5.41, 5.74) is 0. The van der Waals surface area contributed by atoms with Gasteiger partial charge in [0.2, 0.25) is 11.8 Å². The van der Waals surface area contributed by atoms with Gasteiger partial charge >= 0.3 is 0 Å². The molecule has 6 nitrogen and oxygen atoms in total. The summed E-state index contributed by atoms with van der Waals surface area (Å²) in [4.78, 5) is 31.0. The molecule has 3 saturated heterocycles. The first-order valence-corrected chi connectivity index (χ1v) is 8.55. The van der Waals surface area contributed by atoms with E-state index in [9.17, 15) is 9.59 Å². The zero-order valence-electron chi connectivity index (χ0n) is 13.8. The van der Waals surface area contributed by atoms with E-state index in [2.05, 4.69) is 22.2 Å². The largest absolute Gasteiger partial charge is 0.353 e. The van der Waals surface area contributed by atoms with E-state index in [1.165, 1.54) is 0 Å². The van der Waals surface area contributed by atoms with Crippen molar-refractivity contribution in [3.63, 3.8) is 0 Å². The Balaban J connectivity index is 1.59. The molecule has 0 aromatic heterocycles. The Kier molecular flexibility index (Phi) is 4.68. The number of amides is 2. The van der Waals surface area contributed by atoms with Gasteiger partial charge in [0.25, 0.3) is 0 Å². The van der Waals surface area contributed by atoms with E-state index in [1.807, 2.05) is 11.9 Å². The van der Waals surface area contributed by atoms with E-state index in [-0.39, 0.29) is 29.9 Å². The number of rotatable bonds is 3. The maximum Gasteiger partial charge on any atom is 0.239 e. The van der Waals surface area contributed by atoms with Gasteiger partial charge in [0.05, 0.1) is 0 Å². The molecule has 3 aliphatic rings. The molecule has 1 N–H and O–H groups in total. The first-order valence-electron chi connectivity index (χ1n) is 8.55. The van der Waals surface area contributed by atoms with E-state index in [1.54, 1.807) is 0 Å². The molecule has 0 unspecified atom stereocenters. The normalized spacial score (nSPS) is 33.6. The number of likely N-dealkylation sites (tertiary alicyclic amines) is 2. The number of nitrogens with one attached hydrogen (secondary N) is 1. The van der Waals surface area contributed by atoms with Crippen LogP contribution in [0.4, 0.5) is 0 Å². The summed E-state index contributed by atoms with van der Waals surface area (Å²) < 4.78 is 0. The molecule has 2 amide bonds. The minimum atomic E-state index is -0.0377. The van der Waals surface area contributed by atoms with Crippen molar-refractivity contribution in [2.75, 3.05) is 40.3 Å². The molecule has 6 heteroatoms. The molecule has 0 aromatic rings. The van der Waals surface area contributed by atoms with Gasteiger partial charge in [-0.05, 0) is 39.8 Å². The zero-order valence-corrected chi connectivity index (χ0v) is 13.8. The van der Waals surface area contributed by atoms with Crippen molar-refractivity contribution >= 4 is 11.8 Å². The third-order valence-electron chi connectivity index (χ3n) is 5.65. The Bertz CT molecular complexity index is 436. The number of nitrogens with zero attached hydrogens (tertiary/aromatic N) is 3. The van der Waals surface area contributed by atoms with Gasteiger partial charge in [-0.25, -0.2) is 0 Å². The summed E-state index contributed by atoms with van der Waals surface area (Å²) in [6, 6.07) is 0.501. The molecule has 0 spiro atoms. The first-order chi connectivity index (χ1) is 10.6. The van der Waals surface area contributed by atoms with Crippen molar-refractivity contribution in [1.82, 2.24) is 20.0 Å². The summed E-state index contributed by atoms with van der Waals surface area (Å²) in [5, 5.41) is 3.07. The van der Waals surface area contributed by atoms with Crippen molar-refractivity contribution < 1.29 is 9.59 Å². The van der Waals surface area contributed by atoms with Crippen molar-refractivity contribution in [3.05, 3.63) is 0 Å². The Morgan fingerprint density at radius 3 is 2.68 bits per heavy atom. The molecular formula is C16H28N4O2. The lowest BCUT2D eigenvalue weighted by molar-refractivity contribution is -0.130. The maximum atomic E-state index is 12.3. The highest BCUT2D eigenvalue weighted by atomic mass is 16.2. The molecule has 0 aliphatic carbocycles. The fourth-order valence-corrected chi connectivity index (χ4v) is 4.19. The molecule has 0 aromatic carbocycles. The Morgan fingerprint density at radius 2 is 1.95 bits per heavy atom. The minimum absolute atomic E-state index is 0.0377. The lowest BCUT2D eigenvalue weighted by atomic mass is 10.0. The molecular weight excluding hydrogens is 280 g/mol. The smallest absolute Gasteiger partial charge is 0.239 e. The number of hydrogen-bond acceptors (Lipinski definition) is 4. The van der Waals surface area contributed by atoms with E-state index in [4.69, 9.17) is 0 Å². The van der Waals surface area contributed by atoms with Gasteiger partial charge in [0.1, 0.15) is 6.04 Å². The summed E-state index contributed by atoms with van der Waals surface area (Å²) in [5.74, 6) is 0.423. The second-order valence-corrected chi connectivity index (χ2v) is 6.97. The Labute approximate surface area is 132 Å². The van der Waals surface area contributed by atoms with Crippen LogP contribution in [0.1, 0.15) is 32.1 Å². The quantitative estimate of drug-likeness (QED) is 0.790. The number of carbonyl (C=O) groups excluding carboxylic acids is 2. The zero-order chi connectivity index (χ0) is 15.7. The van der Waals surface area contributed by atoms with Gasteiger partial charge < -0.3 is 10.2 Å². The molecule has 124 valence electrons. The van der Waals surface area contributed by atoms with Crippen LogP contribution in [0.25, 0.3) is 0 Å². The van der Waals surface area contributed by atoms with Gasteiger partial charge in [-0.2, -0.15) is 0 Å². The van der Waals surface area contributed by atoms with Gasteiger partial charge in [-0.1, -0.05) is 0 Å². The average Bonchev–Trinajstić information content (AvgIpc) is 3.13. The van der Waals surface area contributed by atoms with Crippen LogP contribution in [-0.2, 0) is 9.59 Å². The highest BCUT2D eigenvalue weighted by Gasteiger charge is 2.43. The van der Waals surface area contributed by atoms with Crippen LogP contribution in [0.5, 0.6) is 0 Å². The fraction of sp³-hybridized carbons (Fsp3) is 0.875. The third kappa shape index (κ3) is 2.99. The predicted octanol–water partition coefficient (Wildman–Crippen LogP) is -0.108. The standard InChI is InChI=1S/C16H28N4O2/c1-18-10-7-13-15(18)16(22)17-11-12(19(13)2)5-6-14(21)20-8-3-4-9-20/h12-13,15H,3-11H2,1-2H3,(H,17,22)/t12-,13+,15-/m0/s1. The Hall–Kier alpha value is -1.14. The van der Waals surface area contributed by atoms with E-state index < -0.39 is 0 Å². The van der Waals surface area contributed by atoms with Crippen molar-refractivity contribution in [1.29, 1.82) is 0 Å². The molecule has 3 heterocycles. The second-order valence-electron chi connectivity index (χ2n) is 6.97. The minimum Gasteiger partial charge on any atom is -0.353 e. The Morgan fingerprint density at radius 1 is 1.23 bits per heavy atom. The monoisotopic (exact) mass is 308 g/mol. The maximum absolute atomic E-state index is 12.3. The molecule has 22 heavy (non-hydrogen) atoms. The molecule has 3 rings (SSSR count). The fourth-order valence-electron chi connectivity index (χ4n) is 4.19. The number of hydrogen-bond donors (Lipinski definition) is 1. The number of carbonyl (C=O) groups is 2. The van der Waals surface area contributed by atoms with E-state index >= 15 is 0 Å². The highest BCUT2D eigenvalue weighted by molar-refractivity contribution is 5.83. The van der Waals surface area contributed by atoms with Crippen molar-refractivity contribution in [3.8, 4) is 0 Å². The molecule has 0 bridgehead atoms. The summed E-state index contributed by atoms with van der Waals surface area (Å²) in [6.45, 7) is 3.47. The molecule has 3 fully saturated rings. The van der Waals surface area contributed by atoms with Crippen molar-refractivity contribution in [2.24, 2.45) is 0 Å². The van der Waals surface area contributed by atoms with Crippen LogP contribution in [0.3, 0.4) is 0 Å². The van der Waals surface area contributed by atoms with Gasteiger partial charge in [0, 0.05) is 44.7 Å². The van der Waals surface area contributed by atoms with Gasteiger partial charge in [0.15, 0.2) is 0 Å². The van der Waals surface area contributed by atoms with Crippen LogP contribution in [0.15, 0.2) is 0 Å². The highest BCUT2D eigenvalue weighted by Crippen LogP contribution is 2.26.